The lowest BCUT2D eigenvalue weighted by Gasteiger charge is -2.15. The summed E-state index contributed by atoms with van der Waals surface area (Å²) >= 11 is 0. The minimum Gasteiger partial charge on any atom is -0.458 e. The van der Waals surface area contributed by atoms with E-state index in [2.05, 4.69) is 0 Å². The molecule has 0 aromatic rings. The predicted octanol–water partition coefficient (Wildman–Crippen LogP) is 0.429. The number of rotatable bonds is 0. The van der Waals surface area contributed by atoms with Crippen molar-refractivity contribution in [1.82, 2.24) is 0 Å². The van der Waals surface area contributed by atoms with Gasteiger partial charge in [-0.05, 0) is 20.8 Å². The number of carbonyl (C=O) groups is 1. The van der Waals surface area contributed by atoms with Gasteiger partial charge < -0.3 is 10.5 Å². The molecule has 0 bridgehead atoms. The fourth-order valence-electron chi connectivity index (χ4n) is 1.36. The van der Waals surface area contributed by atoms with E-state index in [0.29, 0.717) is 6.42 Å². The summed E-state index contributed by atoms with van der Waals surface area (Å²) < 4.78 is 5.00. The van der Waals surface area contributed by atoms with Gasteiger partial charge in [-0.3, -0.25) is 4.79 Å². The van der Waals surface area contributed by atoms with Crippen molar-refractivity contribution in [3.63, 3.8) is 0 Å². The molecular weight excluding hydrogens is 130 g/mol. The maximum atomic E-state index is 11.0. The van der Waals surface area contributed by atoms with Crippen LogP contribution in [0.1, 0.15) is 27.2 Å². The fraction of sp³-hybridized carbons (Fsp3) is 0.857. The Hall–Kier alpha value is -0.570. The first-order chi connectivity index (χ1) is 4.33. The normalized spacial score (nSPS) is 37.8. The van der Waals surface area contributed by atoms with Gasteiger partial charge >= 0.3 is 5.97 Å². The molecule has 0 aromatic heterocycles. The molecule has 3 heteroatoms. The van der Waals surface area contributed by atoms with E-state index in [0.717, 1.165) is 0 Å². The molecule has 1 atom stereocenters. The summed E-state index contributed by atoms with van der Waals surface area (Å²) in [7, 11) is 0. The quantitative estimate of drug-likeness (QED) is 0.500. The van der Waals surface area contributed by atoms with E-state index < -0.39 is 5.54 Å². The molecule has 0 amide bonds. The first-order valence-electron chi connectivity index (χ1n) is 3.36. The van der Waals surface area contributed by atoms with Gasteiger partial charge in [0.05, 0.1) is 0 Å². The van der Waals surface area contributed by atoms with Crippen LogP contribution < -0.4 is 5.73 Å². The Bertz CT molecular complexity index is 172. The topological polar surface area (TPSA) is 52.3 Å². The highest BCUT2D eigenvalue weighted by atomic mass is 16.6. The predicted molar refractivity (Wildman–Crippen MR) is 37.4 cm³/mol. The molecule has 1 heterocycles. The van der Waals surface area contributed by atoms with Gasteiger partial charge in [0.25, 0.3) is 0 Å². The zero-order valence-corrected chi connectivity index (χ0v) is 6.60. The Labute approximate surface area is 60.5 Å². The van der Waals surface area contributed by atoms with Crippen molar-refractivity contribution < 1.29 is 9.53 Å². The van der Waals surface area contributed by atoms with Crippen LogP contribution in [0.3, 0.4) is 0 Å². The van der Waals surface area contributed by atoms with E-state index >= 15 is 0 Å². The number of cyclic esters (lactones) is 1. The van der Waals surface area contributed by atoms with Crippen LogP contribution in [0.4, 0.5) is 0 Å². The molecule has 0 radical (unpaired) electrons. The lowest BCUT2D eigenvalue weighted by Crippen LogP contribution is -2.41. The van der Waals surface area contributed by atoms with E-state index in [9.17, 15) is 4.79 Å². The van der Waals surface area contributed by atoms with Gasteiger partial charge in [0.2, 0.25) is 0 Å². The van der Waals surface area contributed by atoms with Crippen molar-refractivity contribution in [2.24, 2.45) is 5.73 Å². The smallest absolute Gasteiger partial charge is 0.326 e. The monoisotopic (exact) mass is 143 g/mol. The summed E-state index contributed by atoms with van der Waals surface area (Å²) in [5.41, 5.74) is 4.47. The molecular formula is C7H13NO2. The molecule has 1 rings (SSSR count). The minimum absolute atomic E-state index is 0.294. The van der Waals surface area contributed by atoms with Crippen molar-refractivity contribution in [2.45, 2.75) is 38.3 Å². The Balaban J connectivity index is 2.81. The molecule has 1 unspecified atom stereocenters. The van der Waals surface area contributed by atoms with Crippen molar-refractivity contribution in [3.8, 4) is 0 Å². The van der Waals surface area contributed by atoms with Gasteiger partial charge in [-0.1, -0.05) is 0 Å². The molecule has 1 aliphatic heterocycles. The molecule has 1 fully saturated rings. The average molecular weight is 143 g/mol. The summed E-state index contributed by atoms with van der Waals surface area (Å²) in [5.74, 6) is -0.294. The van der Waals surface area contributed by atoms with E-state index in [1.807, 2.05) is 13.8 Å². The molecule has 0 aromatic carbocycles. The highest BCUT2D eigenvalue weighted by Gasteiger charge is 2.46. The number of carbonyl (C=O) groups excluding carboxylic acids is 1. The van der Waals surface area contributed by atoms with Crippen LogP contribution in [0.15, 0.2) is 0 Å². The largest absolute Gasteiger partial charge is 0.458 e. The molecule has 1 saturated heterocycles. The molecule has 1 aliphatic rings. The summed E-state index contributed by atoms with van der Waals surface area (Å²) in [5, 5.41) is 0. The van der Waals surface area contributed by atoms with Crippen LogP contribution in [-0.2, 0) is 9.53 Å². The molecule has 0 aliphatic carbocycles. The first-order valence-corrected chi connectivity index (χ1v) is 3.36. The number of hydrogen-bond acceptors (Lipinski definition) is 3. The second-order valence-corrected chi connectivity index (χ2v) is 3.74. The highest BCUT2D eigenvalue weighted by molar-refractivity contribution is 5.82. The van der Waals surface area contributed by atoms with Gasteiger partial charge in [0, 0.05) is 6.42 Å². The summed E-state index contributed by atoms with van der Waals surface area (Å²) in [6.07, 6.45) is 0.596. The molecule has 0 spiro atoms. The van der Waals surface area contributed by atoms with Gasteiger partial charge in [-0.15, -0.1) is 0 Å². The van der Waals surface area contributed by atoms with Crippen molar-refractivity contribution in [1.29, 1.82) is 0 Å². The maximum Gasteiger partial charge on any atom is 0.326 e. The zero-order chi connectivity index (χ0) is 7.99. The summed E-state index contributed by atoms with van der Waals surface area (Å²) in [6.45, 7) is 5.43. The third kappa shape index (κ3) is 1.14. The zero-order valence-electron chi connectivity index (χ0n) is 6.60. The minimum atomic E-state index is -0.774. The van der Waals surface area contributed by atoms with Gasteiger partial charge in [-0.25, -0.2) is 0 Å². The fourth-order valence-corrected chi connectivity index (χ4v) is 1.36. The number of hydrogen-bond donors (Lipinski definition) is 1. The Morgan fingerprint density at radius 3 is 2.10 bits per heavy atom. The van der Waals surface area contributed by atoms with Gasteiger partial charge in [-0.2, -0.15) is 0 Å². The van der Waals surface area contributed by atoms with E-state index in [-0.39, 0.29) is 11.6 Å². The maximum absolute atomic E-state index is 11.0. The van der Waals surface area contributed by atoms with E-state index in [1.54, 1.807) is 6.92 Å². The summed E-state index contributed by atoms with van der Waals surface area (Å²) in [4.78, 5) is 11.0. The van der Waals surface area contributed by atoms with Crippen molar-refractivity contribution in [2.75, 3.05) is 0 Å². The Morgan fingerprint density at radius 1 is 1.50 bits per heavy atom. The third-order valence-corrected chi connectivity index (χ3v) is 1.63. The second kappa shape index (κ2) is 1.72. The molecule has 2 N–H and O–H groups in total. The van der Waals surface area contributed by atoms with Crippen molar-refractivity contribution in [3.05, 3.63) is 0 Å². The van der Waals surface area contributed by atoms with Crippen LogP contribution in [0.2, 0.25) is 0 Å². The van der Waals surface area contributed by atoms with Crippen molar-refractivity contribution >= 4 is 5.97 Å². The van der Waals surface area contributed by atoms with Crippen LogP contribution >= 0.6 is 0 Å². The Kier molecular flexibility index (Phi) is 1.30. The molecule has 10 heavy (non-hydrogen) atoms. The Morgan fingerprint density at radius 2 is 2.00 bits per heavy atom. The van der Waals surface area contributed by atoms with Crippen LogP contribution in [0.5, 0.6) is 0 Å². The number of nitrogens with two attached hydrogens (primary N) is 1. The number of esters is 1. The van der Waals surface area contributed by atoms with E-state index in [1.165, 1.54) is 0 Å². The van der Waals surface area contributed by atoms with Gasteiger partial charge in [0.15, 0.2) is 0 Å². The molecule has 0 saturated carbocycles. The van der Waals surface area contributed by atoms with E-state index in [4.69, 9.17) is 10.5 Å². The molecule has 3 nitrogen and oxygen atoms in total. The number of ether oxygens (including phenoxy) is 1. The third-order valence-electron chi connectivity index (χ3n) is 1.63. The lowest BCUT2D eigenvalue weighted by atomic mass is 9.93. The first kappa shape index (κ1) is 7.54. The second-order valence-electron chi connectivity index (χ2n) is 3.74. The lowest BCUT2D eigenvalue weighted by molar-refractivity contribution is -0.148. The summed E-state index contributed by atoms with van der Waals surface area (Å²) in [6, 6.07) is 0. The standard InChI is InChI=1S/C7H13NO2/c1-6(2)4-7(3,8)5(9)10-6/h4,8H2,1-3H3. The van der Waals surface area contributed by atoms with Crippen LogP contribution in [0, 0.1) is 0 Å². The van der Waals surface area contributed by atoms with Gasteiger partial charge in [0.1, 0.15) is 11.1 Å². The molecule has 58 valence electrons. The average Bonchev–Trinajstić information content (AvgIpc) is 1.73. The van der Waals surface area contributed by atoms with Crippen LogP contribution in [0.25, 0.3) is 0 Å². The van der Waals surface area contributed by atoms with Crippen LogP contribution in [-0.4, -0.2) is 17.1 Å². The highest BCUT2D eigenvalue weighted by Crippen LogP contribution is 2.31. The SMILES string of the molecule is CC1(C)CC(C)(N)C(=O)O1.